The highest BCUT2D eigenvalue weighted by molar-refractivity contribution is 6.02. The number of aliphatic imine (C=N–C) groups is 1. The zero-order valence-electron chi connectivity index (χ0n) is 17.0. The van der Waals surface area contributed by atoms with Gasteiger partial charge in [0.25, 0.3) is 0 Å². The van der Waals surface area contributed by atoms with Crippen molar-refractivity contribution >= 4 is 23.8 Å². The summed E-state index contributed by atoms with van der Waals surface area (Å²) < 4.78 is 15.8. The van der Waals surface area contributed by atoms with Crippen LogP contribution in [-0.4, -0.2) is 36.0 Å². The number of hydrogen-bond acceptors (Lipinski definition) is 6. The van der Waals surface area contributed by atoms with Gasteiger partial charge in [0.15, 0.2) is 0 Å². The van der Waals surface area contributed by atoms with Gasteiger partial charge in [0.1, 0.15) is 17.0 Å². The average Bonchev–Trinajstić information content (AvgIpc) is 2.45. The van der Waals surface area contributed by atoms with Crippen molar-refractivity contribution in [1.82, 2.24) is 10.6 Å². The van der Waals surface area contributed by atoms with Gasteiger partial charge in [0, 0.05) is 0 Å². The molecule has 1 rings (SSSR count). The fourth-order valence-corrected chi connectivity index (χ4v) is 1.80. The number of guanidine groups is 1. The van der Waals surface area contributed by atoms with Gasteiger partial charge in [-0.2, -0.15) is 0 Å². The molecule has 0 bridgehead atoms. The van der Waals surface area contributed by atoms with Crippen molar-refractivity contribution < 1.29 is 23.8 Å². The van der Waals surface area contributed by atoms with E-state index in [1.54, 1.807) is 65.8 Å². The van der Waals surface area contributed by atoms with E-state index in [-0.39, 0.29) is 5.96 Å². The van der Waals surface area contributed by atoms with E-state index in [2.05, 4.69) is 15.6 Å². The van der Waals surface area contributed by atoms with Gasteiger partial charge >= 0.3 is 12.2 Å². The lowest BCUT2D eigenvalue weighted by Crippen LogP contribution is -2.47. The number of nitrogens with one attached hydrogen (secondary N) is 2. The molecule has 0 aromatic heterocycles. The summed E-state index contributed by atoms with van der Waals surface area (Å²) in [5.74, 6) is 0.584. The van der Waals surface area contributed by atoms with E-state index >= 15 is 0 Å². The van der Waals surface area contributed by atoms with Crippen LogP contribution in [0.2, 0.25) is 0 Å². The third-order valence-electron chi connectivity index (χ3n) is 2.63. The second-order valence-electron chi connectivity index (χ2n) is 7.64. The lowest BCUT2D eigenvalue weighted by atomic mass is 10.2. The summed E-state index contributed by atoms with van der Waals surface area (Å²) in [5.41, 5.74) is -0.888. The molecular formula is C19H29N3O5. The van der Waals surface area contributed by atoms with Crippen LogP contribution in [0.3, 0.4) is 0 Å². The number of carbonyl (C=O) groups is 2. The number of ether oxygens (including phenoxy) is 3. The minimum absolute atomic E-state index is 0.109. The molecule has 2 amide bonds. The molecule has 0 saturated carbocycles. The molecule has 0 heterocycles. The first-order chi connectivity index (χ1) is 12.4. The third-order valence-corrected chi connectivity index (χ3v) is 2.63. The standard InChI is InChI=1S/C19H29N3O5/c1-8-25-14-11-9-13(10-12-14)20-15(21-16(23)26-18(2,3)4)22-17(24)27-19(5,6)7/h9-12H,8H2,1-7H3,(H2,20,21,22,23,24). The van der Waals surface area contributed by atoms with E-state index in [1.807, 2.05) is 6.92 Å². The largest absolute Gasteiger partial charge is 0.494 e. The molecule has 1 aromatic rings. The maximum atomic E-state index is 12.0. The zero-order chi connectivity index (χ0) is 20.7. The van der Waals surface area contributed by atoms with Crippen molar-refractivity contribution in [2.75, 3.05) is 6.61 Å². The molecule has 8 nitrogen and oxygen atoms in total. The molecule has 0 atom stereocenters. The van der Waals surface area contributed by atoms with Gasteiger partial charge in [-0.05, 0) is 72.7 Å². The number of rotatable bonds is 3. The lowest BCUT2D eigenvalue weighted by Gasteiger charge is -2.22. The SMILES string of the molecule is CCOc1ccc(N=C(NC(=O)OC(C)(C)C)NC(=O)OC(C)(C)C)cc1. The average molecular weight is 379 g/mol. The lowest BCUT2D eigenvalue weighted by molar-refractivity contribution is 0.0545. The number of benzene rings is 1. The fourth-order valence-electron chi connectivity index (χ4n) is 1.80. The molecule has 0 aliphatic rings. The smallest absolute Gasteiger partial charge is 0.414 e. The van der Waals surface area contributed by atoms with Crippen LogP contribution in [0.5, 0.6) is 5.75 Å². The Morgan fingerprint density at radius 1 is 0.889 bits per heavy atom. The Morgan fingerprint density at radius 3 is 1.70 bits per heavy atom. The summed E-state index contributed by atoms with van der Waals surface area (Å²) in [7, 11) is 0. The highest BCUT2D eigenvalue weighted by Gasteiger charge is 2.21. The highest BCUT2D eigenvalue weighted by atomic mass is 16.6. The van der Waals surface area contributed by atoms with Crippen LogP contribution in [0.4, 0.5) is 15.3 Å². The first kappa shape index (κ1) is 22.3. The summed E-state index contributed by atoms with van der Waals surface area (Å²) in [6.07, 6.45) is -1.49. The minimum Gasteiger partial charge on any atom is -0.494 e. The molecule has 2 N–H and O–H groups in total. The van der Waals surface area contributed by atoms with Crippen LogP contribution in [0, 0.1) is 0 Å². The molecule has 0 fully saturated rings. The fraction of sp³-hybridized carbons (Fsp3) is 0.526. The van der Waals surface area contributed by atoms with E-state index in [0.717, 1.165) is 0 Å². The minimum atomic E-state index is -0.747. The molecule has 0 spiro atoms. The maximum absolute atomic E-state index is 12.0. The number of alkyl carbamates (subject to hydrolysis) is 2. The van der Waals surface area contributed by atoms with Crippen LogP contribution in [-0.2, 0) is 9.47 Å². The Bertz CT molecular complexity index is 638. The van der Waals surface area contributed by atoms with Crippen molar-refractivity contribution in [2.24, 2.45) is 4.99 Å². The van der Waals surface area contributed by atoms with Gasteiger partial charge in [0.2, 0.25) is 5.96 Å². The van der Waals surface area contributed by atoms with E-state index in [9.17, 15) is 9.59 Å². The van der Waals surface area contributed by atoms with Crippen LogP contribution < -0.4 is 15.4 Å². The van der Waals surface area contributed by atoms with Crippen molar-refractivity contribution in [3.05, 3.63) is 24.3 Å². The predicted molar refractivity (Wildman–Crippen MR) is 103 cm³/mol. The van der Waals surface area contributed by atoms with Gasteiger partial charge in [-0.15, -0.1) is 0 Å². The van der Waals surface area contributed by atoms with Gasteiger partial charge in [0.05, 0.1) is 12.3 Å². The van der Waals surface area contributed by atoms with E-state index in [4.69, 9.17) is 14.2 Å². The summed E-state index contributed by atoms with van der Waals surface area (Å²) in [6, 6.07) is 6.86. The van der Waals surface area contributed by atoms with Gasteiger partial charge < -0.3 is 14.2 Å². The number of nitrogens with zero attached hydrogens (tertiary/aromatic N) is 1. The Kier molecular flexibility index (Phi) is 7.63. The normalized spacial score (nSPS) is 11.2. The van der Waals surface area contributed by atoms with E-state index in [0.29, 0.717) is 18.0 Å². The molecule has 0 radical (unpaired) electrons. The van der Waals surface area contributed by atoms with Crippen molar-refractivity contribution in [1.29, 1.82) is 0 Å². The molecule has 0 saturated heterocycles. The van der Waals surface area contributed by atoms with Gasteiger partial charge in [-0.3, -0.25) is 10.6 Å². The molecule has 0 unspecified atom stereocenters. The quantitative estimate of drug-likeness (QED) is 0.608. The Morgan fingerprint density at radius 2 is 1.33 bits per heavy atom. The van der Waals surface area contributed by atoms with Crippen LogP contribution in [0.15, 0.2) is 29.3 Å². The molecular weight excluding hydrogens is 350 g/mol. The Labute approximate surface area is 160 Å². The zero-order valence-corrected chi connectivity index (χ0v) is 17.0. The number of hydrogen-bond donors (Lipinski definition) is 2. The van der Waals surface area contributed by atoms with Crippen molar-refractivity contribution in [3.63, 3.8) is 0 Å². The number of carbonyl (C=O) groups excluding carboxylic acids is 2. The summed E-state index contributed by atoms with van der Waals surface area (Å²) in [4.78, 5) is 28.3. The molecule has 0 aliphatic heterocycles. The first-order valence-electron chi connectivity index (χ1n) is 8.69. The highest BCUT2D eigenvalue weighted by Crippen LogP contribution is 2.18. The summed E-state index contributed by atoms with van der Waals surface area (Å²) in [5, 5.41) is 4.85. The van der Waals surface area contributed by atoms with Crippen LogP contribution in [0.25, 0.3) is 0 Å². The predicted octanol–water partition coefficient (Wildman–Crippen LogP) is 4.12. The summed E-state index contributed by atoms with van der Waals surface area (Å²) in [6.45, 7) is 12.8. The van der Waals surface area contributed by atoms with Crippen molar-refractivity contribution in [2.45, 2.75) is 59.7 Å². The Balaban J connectivity index is 2.97. The van der Waals surface area contributed by atoms with Crippen LogP contribution in [0.1, 0.15) is 48.5 Å². The van der Waals surface area contributed by atoms with E-state index < -0.39 is 23.4 Å². The van der Waals surface area contributed by atoms with Gasteiger partial charge in [-0.1, -0.05) is 0 Å². The molecule has 8 heteroatoms. The monoisotopic (exact) mass is 379 g/mol. The van der Waals surface area contributed by atoms with E-state index in [1.165, 1.54) is 0 Å². The molecule has 0 aliphatic carbocycles. The molecule has 1 aromatic carbocycles. The van der Waals surface area contributed by atoms with Crippen molar-refractivity contribution in [3.8, 4) is 5.75 Å². The number of amides is 2. The second kappa shape index (κ2) is 9.25. The maximum Gasteiger partial charge on any atom is 0.414 e. The topological polar surface area (TPSA) is 98.3 Å². The first-order valence-corrected chi connectivity index (χ1v) is 8.69. The van der Waals surface area contributed by atoms with Gasteiger partial charge in [-0.25, -0.2) is 14.6 Å². The third kappa shape index (κ3) is 10.1. The Hall–Kier alpha value is -2.77. The summed E-state index contributed by atoms with van der Waals surface area (Å²) >= 11 is 0. The van der Waals surface area contributed by atoms with Crippen LogP contribution >= 0.6 is 0 Å². The second-order valence-corrected chi connectivity index (χ2v) is 7.64. The molecule has 150 valence electrons. The molecule has 27 heavy (non-hydrogen) atoms.